The van der Waals surface area contributed by atoms with Crippen molar-refractivity contribution in [3.05, 3.63) is 52.8 Å². The van der Waals surface area contributed by atoms with Crippen LogP contribution in [0, 0.1) is 11.6 Å². The van der Waals surface area contributed by atoms with Crippen molar-refractivity contribution in [1.82, 2.24) is 25.8 Å². The molecule has 0 radical (unpaired) electrons. The van der Waals surface area contributed by atoms with E-state index >= 15 is 0 Å². The van der Waals surface area contributed by atoms with Crippen molar-refractivity contribution in [3.63, 3.8) is 0 Å². The van der Waals surface area contributed by atoms with Crippen LogP contribution < -0.4 is 25.6 Å². The Labute approximate surface area is 210 Å². The smallest absolute Gasteiger partial charge is 0.330 e. The number of carbonyl (C=O) groups is 5. The predicted molar refractivity (Wildman–Crippen MR) is 121 cm³/mol. The van der Waals surface area contributed by atoms with E-state index in [9.17, 15) is 32.8 Å². The van der Waals surface area contributed by atoms with E-state index in [0.717, 1.165) is 15.9 Å². The second-order valence-electron chi connectivity index (χ2n) is 8.82. The molecule has 2 fully saturated rings. The molecule has 1 atom stereocenters. The number of methoxy groups -OCH3 is 1. The lowest BCUT2D eigenvalue weighted by Gasteiger charge is -2.28. The van der Waals surface area contributed by atoms with Crippen molar-refractivity contribution < 1.29 is 41.9 Å². The first-order chi connectivity index (χ1) is 18.1. The summed E-state index contributed by atoms with van der Waals surface area (Å²) in [5.41, 5.74) is -1.96. The van der Waals surface area contributed by atoms with Gasteiger partial charge >= 0.3 is 12.1 Å². The lowest BCUT2D eigenvalue weighted by molar-refractivity contribution is -0.125. The highest BCUT2D eigenvalue weighted by Crippen LogP contribution is 2.36. The molecule has 5 heterocycles. The zero-order valence-electron chi connectivity index (χ0n) is 19.4. The number of nitrogens with zero attached hydrogens (tertiary/aromatic N) is 3. The first-order valence-electron chi connectivity index (χ1n) is 11.1. The number of benzene rings is 1. The minimum atomic E-state index is -1.96. The highest BCUT2D eigenvalue weighted by Gasteiger charge is 2.53. The average Bonchev–Trinajstić information content (AvgIpc) is 3.58. The zero-order chi connectivity index (χ0) is 26.9. The summed E-state index contributed by atoms with van der Waals surface area (Å²) in [6, 6.07) is 3.31. The number of pyridine rings is 1. The number of imide groups is 2. The molecule has 2 aromatic heterocycles. The molecule has 6 rings (SSSR count). The summed E-state index contributed by atoms with van der Waals surface area (Å²) in [6.07, 6.45) is 0. The van der Waals surface area contributed by atoms with Crippen LogP contribution in [0.15, 0.2) is 28.7 Å². The number of urea groups is 2. The van der Waals surface area contributed by atoms with Crippen LogP contribution in [-0.4, -0.2) is 59.9 Å². The minimum Gasteiger partial charge on any atom is -0.494 e. The predicted octanol–water partition coefficient (Wildman–Crippen LogP) is 0.861. The second-order valence-corrected chi connectivity index (χ2v) is 8.82. The lowest BCUT2D eigenvalue weighted by atomic mass is 9.95. The van der Waals surface area contributed by atoms with Gasteiger partial charge in [-0.05, 0) is 11.6 Å². The van der Waals surface area contributed by atoms with Gasteiger partial charge in [-0.15, -0.1) is 0 Å². The summed E-state index contributed by atoms with van der Waals surface area (Å²) >= 11 is 0. The molecule has 3 aliphatic heterocycles. The van der Waals surface area contributed by atoms with Crippen molar-refractivity contribution in [2.24, 2.45) is 0 Å². The maximum atomic E-state index is 14.8. The Balaban J connectivity index is 1.40. The van der Waals surface area contributed by atoms with Gasteiger partial charge in [0.05, 0.1) is 19.2 Å². The Morgan fingerprint density at radius 2 is 1.89 bits per heavy atom. The number of furan rings is 1. The third-order valence-electron chi connectivity index (χ3n) is 6.55. The van der Waals surface area contributed by atoms with E-state index in [-0.39, 0.29) is 34.7 Å². The first kappa shape index (κ1) is 23.3. The third-order valence-corrected chi connectivity index (χ3v) is 6.55. The Hall–Kier alpha value is -5.08. The van der Waals surface area contributed by atoms with Gasteiger partial charge in [0.15, 0.2) is 34.3 Å². The highest BCUT2D eigenvalue weighted by atomic mass is 19.1. The number of halogens is 2. The molecule has 3 N–H and O–H groups in total. The van der Waals surface area contributed by atoms with Gasteiger partial charge in [0.25, 0.3) is 11.8 Å². The molecular weight excluding hydrogens is 510 g/mol. The average molecular weight is 526 g/mol. The number of nitrogens with one attached hydrogen (secondary N) is 3. The molecule has 1 aromatic carbocycles. The van der Waals surface area contributed by atoms with Crippen LogP contribution in [0.3, 0.4) is 0 Å². The Bertz CT molecular complexity index is 1620. The van der Waals surface area contributed by atoms with Crippen molar-refractivity contribution in [2.75, 3.05) is 25.1 Å². The van der Waals surface area contributed by atoms with Gasteiger partial charge in [-0.1, -0.05) is 6.07 Å². The highest BCUT2D eigenvalue weighted by molar-refractivity contribution is 6.12. The zero-order valence-corrected chi connectivity index (χ0v) is 19.4. The topological polar surface area (TPSA) is 163 Å². The lowest BCUT2D eigenvalue weighted by Crippen LogP contribution is -2.52. The van der Waals surface area contributed by atoms with E-state index in [1.54, 1.807) is 0 Å². The number of hydrogen-bond acceptors (Lipinski definition) is 8. The number of hydrogen-bond donors (Lipinski definition) is 3. The van der Waals surface area contributed by atoms with E-state index in [1.807, 2.05) is 5.32 Å². The molecule has 3 aliphatic rings. The van der Waals surface area contributed by atoms with Crippen molar-refractivity contribution in [2.45, 2.75) is 12.1 Å². The second kappa shape index (κ2) is 7.96. The maximum absolute atomic E-state index is 14.8. The number of carbonyl (C=O) groups excluding carboxylic acids is 5. The molecule has 194 valence electrons. The van der Waals surface area contributed by atoms with Gasteiger partial charge in [-0.3, -0.25) is 29.9 Å². The molecule has 3 aromatic rings. The normalized spacial score (nSPS) is 20.8. The fourth-order valence-electron chi connectivity index (χ4n) is 4.77. The summed E-state index contributed by atoms with van der Waals surface area (Å²) in [4.78, 5) is 67.9. The van der Waals surface area contributed by atoms with Crippen LogP contribution in [0.1, 0.15) is 21.7 Å². The van der Waals surface area contributed by atoms with E-state index < -0.39 is 65.9 Å². The number of anilines is 1. The Morgan fingerprint density at radius 1 is 1.11 bits per heavy atom. The van der Waals surface area contributed by atoms with Crippen LogP contribution in [0.25, 0.3) is 11.1 Å². The van der Waals surface area contributed by atoms with Crippen molar-refractivity contribution >= 4 is 46.7 Å². The summed E-state index contributed by atoms with van der Waals surface area (Å²) in [7, 11) is 1.26. The fourth-order valence-corrected chi connectivity index (χ4v) is 4.77. The third kappa shape index (κ3) is 3.28. The minimum absolute atomic E-state index is 0.00342. The van der Waals surface area contributed by atoms with E-state index in [1.165, 1.54) is 25.3 Å². The molecule has 2 saturated heterocycles. The standard InChI is InChI=1S/C23H16F2N6O7/c1-37-12-3-2-9-6-30(19(33)16(9)17(12)25)8-23(20(34)28-21(35)29-23)14-5-11-13(38-14)4-10(24)18(26-11)31-7-15(32)27-22(31)36/h2-5H,6-8H2,1H3,(H,27,32,36)(H2,28,29,34,35)/t23-/m0/s1. The van der Waals surface area contributed by atoms with Crippen LogP contribution in [-0.2, 0) is 21.7 Å². The molecule has 0 bridgehead atoms. The van der Waals surface area contributed by atoms with E-state index in [4.69, 9.17) is 9.15 Å². The van der Waals surface area contributed by atoms with Gasteiger partial charge in [0.1, 0.15) is 17.8 Å². The molecule has 0 saturated carbocycles. The number of aromatic nitrogens is 1. The van der Waals surface area contributed by atoms with Crippen LogP contribution >= 0.6 is 0 Å². The van der Waals surface area contributed by atoms with Crippen molar-refractivity contribution in [3.8, 4) is 5.75 Å². The maximum Gasteiger partial charge on any atom is 0.330 e. The molecule has 7 amide bonds. The number of ether oxygens (including phenoxy) is 1. The molecule has 0 unspecified atom stereocenters. The molecule has 0 spiro atoms. The Kier molecular flexibility index (Phi) is 4.89. The Morgan fingerprint density at radius 3 is 2.55 bits per heavy atom. The molecule has 15 heteroatoms. The number of amides is 7. The SMILES string of the molecule is COc1ccc2c(c1F)C(=O)N(C[C@@]1(c3cc4nc(N5CC(=O)NC5=O)c(F)cc4o3)NC(=O)NC1=O)C2. The van der Waals surface area contributed by atoms with Crippen LogP contribution in [0.5, 0.6) is 5.75 Å². The summed E-state index contributed by atoms with van der Waals surface area (Å²) in [6.45, 7) is -0.978. The molecular formula is C23H16F2N6O7. The van der Waals surface area contributed by atoms with Gasteiger partial charge in [-0.2, -0.15) is 0 Å². The van der Waals surface area contributed by atoms with Crippen molar-refractivity contribution in [1.29, 1.82) is 0 Å². The quantitative estimate of drug-likeness (QED) is 0.412. The van der Waals surface area contributed by atoms with Gasteiger partial charge < -0.3 is 19.4 Å². The summed E-state index contributed by atoms with van der Waals surface area (Å²) < 4.78 is 40.3. The molecule has 0 aliphatic carbocycles. The van der Waals surface area contributed by atoms with E-state index in [0.29, 0.717) is 5.56 Å². The summed E-state index contributed by atoms with van der Waals surface area (Å²) in [5, 5.41) is 6.57. The summed E-state index contributed by atoms with van der Waals surface area (Å²) in [5.74, 6) is -4.85. The monoisotopic (exact) mass is 526 g/mol. The number of rotatable bonds is 5. The fraction of sp³-hybridized carbons (Fsp3) is 0.217. The molecule has 38 heavy (non-hydrogen) atoms. The molecule has 13 nitrogen and oxygen atoms in total. The van der Waals surface area contributed by atoms with Crippen LogP contribution in [0.2, 0.25) is 0 Å². The van der Waals surface area contributed by atoms with Crippen LogP contribution in [0.4, 0.5) is 24.2 Å². The van der Waals surface area contributed by atoms with E-state index in [2.05, 4.69) is 15.6 Å². The largest absolute Gasteiger partial charge is 0.494 e. The number of fused-ring (bicyclic) bond motifs is 2. The van der Waals surface area contributed by atoms with Gasteiger partial charge in [-0.25, -0.2) is 23.4 Å². The first-order valence-corrected chi connectivity index (χ1v) is 11.1. The van der Waals surface area contributed by atoms with Gasteiger partial charge in [0.2, 0.25) is 5.91 Å². The van der Waals surface area contributed by atoms with Gasteiger partial charge in [0, 0.05) is 18.7 Å².